The van der Waals surface area contributed by atoms with Gasteiger partial charge in [0.05, 0.1) is 0 Å². The Morgan fingerprint density at radius 3 is 1.68 bits per heavy atom. The van der Waals surface area contributed by atoms with E-state index in [1.54, 1.807) is 0 Å². The molecule has 0 fully saturated rings. The number of hydrogen-bond donors (Lipinski definition) is 0. The predicted molar refractivity (Wildman–Crippen MR) is 210 cm³/mol. The highest BCUT2D eigenvalue weighted by Gasteiger charge is 2.18. The molecule has 0 bridgehead atoms. The predicted octanol–water partition coefficient (Wildman–Crippen LogP) is 13.2. The first-order valence-corrected chi connectivity index (χ1v) is 16.9. The third kappa shape index (κ3) is 4.63. The van der Waals surface area contributed by atoms with Gasteiger partial charge in [0.25, 0.3) is 0 Å². The second-order valence-electron chi connectivity index (χ2n) is 12.8. The number of furan rings is 1. The Labute approximate surface area is 289 Å². The van der Waals surface area contributed by atoms with Crippen molar-refractivity contribution in [2.45, 2.75) is 0 Å². The Morgan fingerprint density at radius 1 is 0.400 bits per heavy atom. The van der Waals surface area contributed by atoms with E-state index in [4.69, 9.17) is 4.42 Å². The van der Waals surface area contributed by atoms with Gasteiger partial charge in [-0.05, 0) is 98.4 Å². The highest BCUT2D eigenvalue weighted by molar-refractivity contribution is 6.15. The maximum atomic E-state index is 6.50. The summed E-state index contributed by atoms with van der Waals surface area (Å²) in [6, 6.07) is 60.9. The van der Waals surface area contributed by atoms with Crippen LogP contribution >= 0.6 is 0 Å². The molecule has 0 atom stereocenters. The lowest BCUT2D eigenvalue weighted by Gasteiger charge is -2.27. The van der Waals surface area contributed by atoms with Crippen molar-refractivity contribution >= 4 is 71.3 Å². The number of hydrogen-bond acceptors (Lipinski definition) is 3. The van der Waals surface area contributed by atoms with E-state index >= 15 is 0 Å². The Bertz CT molecular complexity index is 2770. The standard InChI is InChI=1S/C47H30N2O/c1-3-17-39-31(9-1)11-7-19-41(39)33-13-5-15-36(27-33)49(37-16-6-14-34(28-37)42-20-8-12-32-10-2-4-18-40(32)42)38-22-24-46-45(29-38)44-23-21-35-30-48-26-25-43(35)47(44)50-46/h1-30H. The second kappa shape index (κ2) is 11.5. The van der Waals surface area contributed by atoms with Crippen molar-refractivity contribution < 1.29 is 4.42 Å². The third-order valence-corrected chi connectivity index (χ3v) is 9.90. The molecule has 2 heterocycles. The van der Waals surface area contributed by atoms with Crippen LogP contribution in [0, 0.1) is 0 Å². The normalized spacial score (nSPS) is 11.6. The van der Waals surface area contributed by atoms with Crippen LogP contribution in [0.3, 0.4) is 0 Å². The van der Waals surface area contributed by atoms with Crippen molar-refractivity contribution in [2.24, 2.45) is 0 Å². The molecule has 3 nitrogen and oxygen atoms in total. The molecule has 0 aliphatic rings. The largest absolute Gasteiger partial charge is 0.455 e. The summed E-state index contributed by atoms with van der Waals surface area (Å²) in [4.78, 5) is 6.69. The smallest absolute Gasteiger partial charge is 0.143 e. The zero-order valence-corrected chi connectivity index (χ0v) is 27.1. The van der Waals surface area contributed by atoms with Crippen LogP contribution in [0.4, 0.5) is 17.1 Å². The van der Waals surface area contributed by atoms with E-state index in [2.05, 4.69) is 174 Å². The minimum Gasteiger partial charge on any atom is -0.455 e. The average Bonchev–Trinajstić information content (AvgIpc) is 3.56. The molecular weight excluding hydrogens is 609 g/mol. The molecule has 0 amide bonds. The van der Waals surface area contributed by atoms with Crippen molar-refractivity contribution in [2.75, 3.05) is 4.90 Å². The zero-order chi connectivity index (χ0) is 33.0. The maximum absolute atomic E-state index is 6.50. The number of pyridine rings is 1. The second-order valence-corrected chi connectivity index (χ2v) is 12.8. The molecular formula is C47H30N2O. The average molecular weight is 639 g/mol. The lowest BCUT2D eigenvalue weighted by Crippen LogP contribution is -2.10. The molecule has 234 valence electrons. The summed E-state index contributed by atoms with van der Waals surface area (Å²) < 4.78 is 6.50. The van der Waals surface area contributed by atoms with Gasteiger partial charge in [0.2, 0.25) is 0 Å². The van der Waals surface area contributed by atoms with Crippen molar-refractivity contribution in [3.05, 3.63) is 182 Å². The molecule has 10 rings (SSSR count). The van der Waals surface area contributed by atoms with E-state index < -0.39 is 0 Å². The van der Waals surface area contributed by atoms with Crippen molar-refractivity contribution in [3.63, 3.8) is 0 Å². The van der Waals surface area contributed by atoms with Crippen molar-refractivity contribution in [3.8, 4) is 22.3 Å². The summed E-state index contributed by atoms with van der Waals surface area (Å²) in [5.74, 6) is 0. The first-order chi connectivity index (χ1) is 24.8. The van der Waals surface area contributed by atoms with Gasteiger partial charge in [-0.3, -0.25) is 4.98 Å². The highest BCUT2D eigenvalue weighted by Crippen LogP contribution is 2.43. The van der Waals surface area contributed by atoms with Gasteiger partial charge in [0.1, 0.15) is 11.2 Å². The molecule has 8 aromatic carbocycles. The number of rotatable bonds is 5. The third-order valence-electron chi connectivity index (χ3n) is 9.90. The fraction of sp³-hybridized carbons (Fsp3) is 0. The van der Waals surface area contributed by atoms with Gasteiger partial charge in [0.15, 0.2) is 0 Å². The summed E-state index contributed by atoms with van der Waals surface area (Å²) in [5.41, 5.74) is 9.73. The topological polar surface area (TPSA) is 29.3 Å². The van der Waals surface area contributed by atoms with Gasteiger partial charge in [-0.1, -0.05) is 115 Å². The zero-order valence-electron chi connectivity index (χ0n) is 27.1. The van der Waals surface area contributed by atoms with Crippen molar-refractivity contribution in [1.82, 2.24) is 4.98 Å². The Kier molecular flexibility index (Phi) is 6.49. The van der Waals surface area contributed by atoms with E-state index in [-0.39, 0.29) is 0 Å². The quantitative estimate of drug-likeness (QED) is 0.188. The van der Waals surface area contributed by atoms with E-state index in [1.165, 1.54) is 43.8 Å². The van der Waals surface area contributed by atoms with Crippen LogP contribution in [0.5, 0.6) is 0 Å². The summed E-state index contributed by atoms with van der Waals surface area (Å²) in [5, 5.41) is 9.25. The van der Waals surface area contributed by atoms with Crippen molar-refractivity contribution in [1.29, 1.82) is 0 Å². The summed E-state index contributed by atoms with van der Waals surface area (Å²) in [6.07, 6.45) is 3.72. The van der Waals surface area contributed by atoms with E-state index in [1.807, 2.05) is 18.5 Å². The van der Waals surface area contributed by atoms with Crippen LogP contribution < -0.4 is 4.90 Å². The number of fused-ring (bicyclic) bond motifs is 7. The first kappa shape index (κ1) is 28.3. The first-order valence-electron chi connectivity index (χ1n) is 16.9. The SMILES string of the molecule is c1cc(-c2cccc3ccccc23)cc(N(c2cccc(-c3cccc4ccccc34)c2)c2ccc3oc4c5ccncc5ccc4c3c2)c1. The van der Waals surface area contributed by atoms with E-state index in [0.29, 0.717) is 0 Å². The van der Waals surface area contributed by atoms with Crippen LogP contribution in [0.15, 0.2) is 187 Å². The van der Waals surface area contributed by atoms with Gasteiger partial charge in [-0.2, -0.15) is 0 Å². The van der Waals surface area contributed by atoms with Crippen LogP contribution in [0.25, 0.3) is 76.5 Å². The summed E-state index contributed by atoms with van der Waals surface area (Å²) in [7, 11) is 0. The molecule has 0 unspecified atom stereocenters. The fourth-order valence-electron chi connectivity index (χ4n) is 7.56. The van der Waals surface area contributed by atoms with E-state index in [0.717, 1.165) is 49.8 Å². The molecule has 0 aliphatic heterocycles. The summed E-state index contributed by atoms with van der Waals surface area (Å²) >= 11 is 0. The van der Waals surface area contributed by atoms with Gasteiger partial charge in [-0.15, -0.1) is 0 Å². The Hall–Kier alpha value is -6.71. The Morgan fingerprint density at radius 2 is 1.00 bits per heavy atom. The van der Waals surface area contributed by atoms with Gasteiger partial charge < -0.3 is 9.32 Å². The molecule has 10 aromatic rings. The number of anilines is 3. The number of benzene rings is 8. The summed E-state index contributed by atoms with van der Waals surface area (Å²) in [6.45, 7) is 0. The minimum atomic E-state index is 0.863. The van der Waals surface area contributed by atoms with Gasteiger partial charge in [-0.25, -0.2) is 0 Å². The number of nitrogens with zero attached hydrogens (tertiary/aromatic N) is 2. The molecule has 0 saturated heterocycles. The molecule has 0 spiro atoms. The molecule has 0 N–H and O–H groups in total. The molecule has 50 heavy (non-hydrogen) atoms. The number of aromatic nitrogens is 1. The van der Waals surface area contributed by atoms with Crippen LogP contribution in [0.2, 0.25) is 0 Å². The van der Waals surface area contributed by atoms with E-state index in [9.17, 15) is 0 Å². The van der Waals surface area contributed by atoms with Gasteiger partial charge >= 0.3 is 0 Å². The minimum absolute atomic E-state index is 0.863. The molecule has 0 saturated carbocycles. The molecule has 2 aromatic heterocycles. The fourth-order valence-corrected chi connectivity index (χ4v) is 7.56. The molecule has 0 aliphatic carbocycles. The van der Waals surface area contributed by atoms with Gasteiger partial charge in [0, 0.05) is 51.0 Å². The highest BCUT2D eigenvalue weighted by atomic mass is 16.3. The van der Waals surface area contributed by atoms with Crippen LogP contribution in [-0.4, -0.2) is 4.98 Å². The lowest BCUT2D eigenvalue weighted by atomic mass is 9.97. The monoisotopic (exact) mass is 638 g/mol. The molecule has 0 radical (unpaired) electrons. The Balaban J connectivity index is 1.19. The molecule has 3 heteroatoms. The van der Waals surface area contributed by atoms with Crippen LogP contribution in [0.1, 0.15) is 0 Å². The maximum Gasteiger partial charge on any atom is 0.143 e. The van der Waals surface area contributed by atoms with Crippen LogP contribution in [-0.2, 0) is 0 Å². The lowest BCUT2D eigenvalue weighted by molar-refractivity contribution is 0.672.